The summed E-state index contributed by atoms with van der Waals surface area (Å²) < 4.78 is 0. The molecular weight excluding hydrogens is 190 g/mol. The van der Waals surface area contributed by atoms with Crippen LogP contribution in [0.5, 0.6) is 0 Å². The topological polar surface area (TPSA) is 64.9 Å². The fourth-order valence-electron chi connectivity index (χ4n) is 1.20. The zero-order valence-electron chi connectivity index (χ0n) is 10.3. The Morgan fingerprint density at radius 1 is 1.20 bits per heavy atom. The predicted octanol–water partition coefficient (Wildman–Crippen LogP) is 2.17. The highest BCUT2D eigenvalue weighted by Gasteiger charge is 2.28. The molecule has 0 saturated carbocycles. The van der Waals surface area contributed by atoms with Gasteiger partial charge in [-0.25, -0.2) is 4.79 Å². The van der Waals surface area contributed by atoms with Gasteiger partial charge in [0.2, 0.25) is 0 Å². The highest BCUT2D eigenvalue weighted by atomic mass is 16.2. The van der Waals surface area contributed by atoms with Crippen molar-refractivity contribution in [1.29, 1.82) is 5.26 Å². The number of carbonyl (C=O) groups is 1. The Morgan fingerprint density at radius 2 is 1.67 bits per heavy atom. The van der Waals surface area contributed by atoms with Crippen molar-refractivity contribution in [3.05, 3.63) is 0 Å². The van der Waals surface area contributed by atoms with Gasteiger partial charge < -0.3 is 10.6 Å². The number of urea groups is 1. The molecule has 0 unspecified atom stereocenters. The van der Waals surface area contributed by atoms with Crippen LogP contribution in [-0.2, 0) is 0 Å². The third-order valence-electron chi connectivity index (χ3n) is 2.26. The van der Waals surface area contributed by atoms with Crippen molar-refractivity contribution < 1.29 is 4.79 Å². The van der Waals surface area contributed by atoms with Crippen LogP contribution >= 0.6 is 0 Å². The summed E-state index contributed by atoms with van der Waals surface area (Å²) in [7, 11) is 0. The number of hydrogen-bond acceptors (Lipinski definition) is 2. The van der Waals surface area contributed by atoms with Gasteiger partial charge in [-0.05, 0) is 33.6 Å². The molecule has 0 rings (SSSR count). The summed E-state index contributed by atoms with van der Waals surface area (Å²) in [5.74, 6) is 0. The van der Waals surface area contributed by atoms with Crippen LogP contribution in [0.3, 0.4) is 0 Å². The van der Waals surface area contributed by atoms with E-state index in [2.05, 4.69) is 16.7 Å². The maximum Gasteiger partial charge on any atom is 0.316 e. The van der Waals surface area contributed by atoms with Crippen molar-refractivity contribution in [3.63, 3.8) is 0 Å². The molecule has 2 amide bonds. The molecule has 86 valence electrons. The molecule has 0 aromatic carbocycles. The number of nitrogens with one attached hydrogen (secondary N) is 2. The Bertz CT molecular complexity index is 256. The monoisotopic (exact) mass is 211 g/mol. The van der Waals surface area contributed by atoms with Crippen molar-refractivity contribution in [2.24, 2.45) is 0 Å². The molecule has 4 nitrogen and oxygen atoms in total. The highest BCUT2D eigenvalue weighted by molar-refractivity contribution is 5.76. The Hall–Kier alpha value is -1.24. The Kier molecular flexibility index (Phi) is 4.60. The van der Waals surface area contributed by atoms with Gasteiger partial charge in [-0.1, -0.05) is 13.8 Å². The predicted molar refractivity (Wildman–Crippen MR) is 60.3 cm³/mol. The minimum atomic E-state index is -0.741. The molecule has 0 spiro atoms. The van der Waals surface area contributed by atoms with E-state index in [-0.39, 0.29) is 11.6 Å². The molecule has 4 heteroatoms. The van der Waals surface area contributed by atoms with E-state index in [1.807, 2.05) is 34.6 Å². The lowest BCUT2D eigenvalue weighted by Gasteiger charge is -2.28. The molecule has 0 aliphatic heterocycles. The van der Waals surface area contributed by atoms with E-state index >= 15 is 0 Å². The maximum absolute atomic E-state index is 11.6. The van der Waals surface area contributed by atoms with Gasteiger partial charge >= 0.3 is 6.03 Å². The smallest absolute Gasteiger partial charge is 0.316 e. The quantitative estimate of drug-likeness (QED) is 0.751. The Morgan fingerprint density at radius 3 is 1.93 bits per heavy atom. The van der Waals surface area contributed by atoms with Crippen molar-refractivity contribution >= 4 is 6.03 Å². The fraction of sp³-hybridized carbons (Fsp3) is 0.818. The normalized spacial score (nSPS) is 11.7. The SMILES string of the molecule is CCC(C#N)(CC)NC(=O)NC(C)(C)C. The molecule has 0 saturated heterocycles. The van der Waals surface area contributed by atoms with Crippen molar-refractivity contribution in [2.45, 2.75) is 58.5 Å². The molecule has 0 radical (unpaired) electrons. The summed E-state index contributed by atoms with van der Waals surface area (Å²) in [6, 6.07) is 1.88. The highest BCUT2D eigenvalue weighted by Crippen LogP contribution is 2.13. The van der Waals surface area contributed by atoms with Crippen molar-refractivity contribution in [3.8, 4) is 6.07 Å². The van der Waals surface area contributed by atoms with Crippen molar-refractivity contribution in [1.82, 2.24) is 10.6 Å². The fourth-order valence-corrected chi connectivity index (χ4v) is 1.20. The molecule has 0 bridgehead atoms. The maximum atomic E-state index is 11.6. The number of amides is 2. The van der Waals surface area contributed by atoms with Crippen molar-refractivity contribution in [2.75, 3.05) is 0 Å². The molecule has 2 N–H and O–H groups in total. The molecule has 0 fully saturated rings. The van der Waals surface area contributed by atoms with E-state index < -0.39 is 5.54 Å². The van der Waals surface area contributed by atoms with E-state index in [4.69, 9.17) is 5.26 Å². The second kappa shape index (κ2) is 5.01. The molecule has 0 aromatic rings. The van der Waals surface area contributed by atoms with Crippen LogP contribution in [0.25, 0.3) is 0 Å². The Balaban J connectivity index is 4.45. The zero-order valence-corrected chi connectivity index (χ0v) is 10.3. The standard InChI is InChI=1S/C11H21N3O/c1-6-11(7-2,8-12)14-9(15)13-10(3,4)5/h6-7H2,1-5H3,(H2,13,14,15). The van der Waals surface area contributed by atoms with Crippen LogP contribution in [0.15, 0.2) is 0 Å². The number of rotatable bonds is 3. The first-order valence-electron chi connectivity index (χ1n) is 5.30. The number of carbonyl (C=O) groups excluding carboxylic acids is 1. The van der Waals surface area contributed by atoms with E-state index in [9.17, 15) is 4.79 Å². The molecule has 15 heavy (non-hydrogen) atoms. The lowest BCUT2D eigenvalue weighted by molar-refractivity contribution is 0.221. The van der Waals surface area contributed by atoms with Crippen LogP contribution in [0.1, 0.15) is 47.5 Å². The second-order valence-electron chi connectivity index (χ2n) is 4.73. The van der Waals surface area contributed by atoms with Crippen LogP contribution in [0, 0.1) is 11.3 Å². The third-order valence-corrected chi connectivity index (χ3v) is 2.26. The first-order chi connectivity index (χ1) is 6.78. The van der Waals surface area contributed by atoms with Gasteiger partial charge in [0.05, 0.1) is 6.07 Å². The van der Waals surface area contributed by atoms with Crippen LogP contribution < -0.4 is 10.6 Å². The summed E-state index contributed by atoms with van der Waals surface area (Å²) in [4.78, 5) is 11.6. The molecular formula is C11H21N3O. The first-order valence-corrected chi connectivity index (χ1v) is 5.30. The minimum Gasteiger partial charge on any atom is -0.334 e. The number of hydrogen-bond donors (Lipinski definition) is 2. The third kappa shape index (κ3) is 4.68. The lowest BCUT2D eigenvalue weighted by Crippen LogP contribution is -2.54. The summed E-state index contributed by atoms with van der Waals surface area (Å²) in [6.07, 6.45) is 1.22. The van der Waals surface area contributed by atoms with Crippen LogP contribution in [-0.4, -0.2) is 17.1 Å². The van der Waals surface area contributed by atoms with E-state index in [1.54, 1.807) is 0 Å². The summed E-state index contributed by atoms with van der Waals surface area (Å²) >= 11 is 0. The van der Waals surface area contributed by atoms with Crippen LogP contribution in [0.2, 0.25) is 0 Å². The van der Waals surface area contributed by atoms with Crippen LogP contribution in [0.4, 0.5) is 4.79 Å². The molecule has 0 aliphatic carbocycles. The zero-order chi connectivity index (χ0) is 12.1. The van der Waals surface area contributed by atoms with Gasteiger partial charge in [-0.2, -0.15) is 5.26 Å². The second-order valence-corrected chi connectivity index (χ2v) is 4.73. The summed E-state index contributed by atoms with van der Waals surface area (Å²) in [6.45, 7) is 9.49. The Labute approximate surface area is 92.0 Å². The average Bonchev–Trinajstić information content (AvgIpc) is 2.11. The van der Waals surface area contributed by atoms with E-state index in [0.717, 1.165) is 0 Å². The number of nitriles is 1. The van der Waals surface area contributed by atoms with Gasteiger partial charge in [0, 0.05) is 5.54 Å². The number of nitrogens with zero attached hydrogens (tertiary/aromatic N) is 1. The van der Waals surface area contributed by atoms with Gasteiger partial charge in [-0.3, -0.25) is 0 Å². The first kappa shape index (κ1) is 13.8. The molecule has 0 heterocycles. The van der Waals surface area contributed by atoms with Gasteiger partial charge in [0.1, 0.15) is 5.54 Å². The van der Waals surface area contributed by atoms with E-state index in [0.29, 0.717) is 12.8 Å². The van der Waals surface area contributed by atoms with Gasteiger partial charge in [0.15, 0.2) is 0 Å². The molecule has 0 aliphatic rings. The average molecular weight is 211 g/mol. The lowest BCUT2D eigenvalue weighted by atomic mass is 9.95. The summed E-state index contributed by atoms with van der Waals surface area (Å²) in [5, 5.41) is 14.5. The summed E-state index contributed by atoms with van der Waals surface area (Å²) in [5.41, 5.74) is -1.03. The molecule has 0 aromatic heterocycles. The minimum absolute atomic E-state index is 0.284. The largest absolute Gasteiger partial charge is 0.334 e. The van der Waals surface area contributed by atoms with Gasteiger partial charge in [-0.15, -0.1) is 0 Å². The molecule has 0 atom stereocenters. The van der Waals surface area contributed by atoms with Gasteiger partial charge in [0.25, 0.3) is 0 Å². The van der Waals surface area contributed by atoms with E-state index in [1.165, 1.54) is 0 Å².